The van der Waals surface area contributed by atoms with Gasteiger partial charge in [-0.1, -0.05) is 53.5 Å². The minimum Gasteiger partial charge on any atom is -0.479 e. The maximum absolute atomic E-state index is 13.1. The van der Waals surface area contributed by atoms with Crippen molar-refractivity contribution in [1.29, 1.82) is 0 Å². The standard InChI is InChI=1S/C30H26Cl2N4O6/c1-18-14-22(36(39)40)9-11-24(18)27-13-10-23(42-27)17-33-35-30(38)26(15-20-6-4-3-5-7-20)34-29(37)19(2)41-28-12-8-21(31)16-25(28)32/h3-14,16-17,19,26H,15H2,1-2H3,(H,34,37)(H,35,38)/b33-17-/t19-,26+/m1/s1. The van der Waals surface area contributed by atoms with Gasteiger partial charge in [0, 0.05) is 29.1 Å². The Balaban J connectivity index is 1.43. The summed E-state index contributed by atoms with van der Waals surface area (Å²) in [5, 5.41) is 18.4. The van der Waals surface area contributed by atoms with Crippen LogP contribution in [0.3, 0.4) is 0 Å². The summed E-state index contributed by atoms with van der Waals surface area (Å²) in [6, 6.07) is 20.7. The van der Waals surface area contributed by atoms with E-state index in [1.807, 2.05) is 30.3 Å². The second-order valence-electron chi connectivity index (χ2n) is 9.28. The number of nitro benzene ring substituents is 1. The van der Waals surface area contributed by atoms with E-state index < -0.39 is 28.9 Å². The van der Waals surface area contributed by atoms with Crippen molar-refractivity contribution in [3.05, 3.63) is 116 Å². The number of carbonyl (C=O) groups excluding carboxylic acids is 2. The fourth-order valence-corrected chi connectivity index (χ4v) is 4.46. The summed E-state index contributed by atoms with van der Waals surface area (Å²) in [5.41, 5.74) is 4.61. The number of hydrogen-bond acceptors (Lipinski definition) is 7. The topological polar surface area (TPSA) is 136 Å². The Labute approximate surface area is 251 Å². The molecule has 0 radical (unpaired) electrons. The summed E-state index contributed by atoms with van der Waals surface area (Å²) in [5.74, 6) is 0.0141. The highest BCUT2D eigenvalue weighted by Crippen LogP contribution is 2.29. The van der Waals surface area contributed by atoms with E-state index >= 15 is 0 Å². The van der Waals surface area contributed by atoms with Crippen molar-refractivity contribution >= 4 is 46.9 Å². The minimum absolute atomic E-state index is 0.0146. The van der Waals surface area contributed by atoms with E-state index in [2.05, 4.69) is 15.8 Å². The molecule has 2 amide bonds. The maximum Gasteiger partial charge on any atom is 0.269 e. The van der Waals surface area contributed by atoms with E-state index in [4.69, 9.17) is 32.4 Å². The summed E-state index contributed by atoms with van der Waals surface area (Å²) >= 11 is 12.1. The molecule has 4 rings (SSSR count). The zero-order chi connectivity index (χ0) is 30.2. The molecule has 0 aliphatic carbocycles. The highest BCUT2D eigenvalue weighted by molar-refractivity contribution is 6.35. The number of nitro groups is 1. The molecule has 42 heavy (non-hydrogen) atoms. The van der Waals surface area contributed by atoms with Crippen LogP contribution in [0.1, 0.15) is 23.8 Å². The highest BCUT2D eigenvalue weighted by atomic mass is 35.5. The first kappa shape index (κ1) is 30.3. The summed E-state index contributed by atoms with van der Waals surface area (Å²) in [7, 11) is 0. The quantitative estimate of drug-likeness (QED) is 0.120. The number of hydrogen-bond donors (Lipinski definition) is 2. The summed E-state index contributed by atoms with van der Waals surface area (Å²) in [6.07, 6.45) is 0.549. The van der Waals surface area contributed by atoms with E-state index in [9.17, 15) is 19.7 Å². The smallest absolute Gasteiger partial charge is 0.269 e. The zero-order valence-electron chi connectivity index (χ0n) is 22.5. The third-order valence-corrected chi connectivity index (χ3v) is 6.69. The van der Waals surface area contributed by atoms with Crippen LogP contribution >= 0.6 is 23.2 Å². The van der Waals surface area contributed by atoms with Crippen molar-refractivity contribution in [3.63, 3.8) is 0 Å². The molecule has 0 spiro atoms. The van der Waals surface area contributed by atoms with Gasteiger partial charge in [0.05, 0.1) is 16.2 Å². The SMILES string of the molecule is Cc1cc([N+](=O)[O-])ccc1-c1ccc(/C=N\NC(=O)[C@H](Cc2ccccc2)NC(=O)[C@@H](C)Oc2ccc(Cl)cc2Cl)o1. The molecule has 0 saturated heterocycles. The second-order valence-corrected chi connectivity index (χ2v) is 10.1. The Morgan fingerprint density at radius 1 is 1.05 bits per heavy atom. The third kappa shape index (κ3) is 7.96. The van der Waals surface area contributed by atoms with Crippen LogP contribution in [0.25, 0.3) is 11.3 Å². The number of rotatable bonds is 11. The first-order chi connectivity index (χ1) is 20.1. The molecule has 4 aromatic rings. The van der Waals surface area contributed by atoms with Crippen molar-refractivity contribution in [3.8, 4) is 17.1 Å². The van der Waals surface area contributed by atoms with Gasteiger partial charge < -0.3 is 14.5 Å². The lowest BCUT2D eigenvalue weighted by molar-refractivity contribution is -0.384. The van der Waals surface area contributed by atoms with Gasteiger partial charge in [-0.25, -0.2) is 5.43 Å². The van der Waals surface area contributed by atoms with Crippen molar-refractivity contribution < 1.29 is 23.7 Å². The molecular weight excluding hydrogens is 583 g/mol. The largest absolute Gasteiger partial charge is 0.479 e. The van der Waals surface area contributed by atoms with Gasteiger partial charge in [0.1, 0.15) is 23.3 Å². The van der Waals surface area contributed by atoms with Gasteiger partial charge in [0.25, 0.3) is 17.5 Å². The van der Waals surface area contributed by atoms with E-state index in [1.165, 1.54) is 31.3 Å². The number of amides is 2. The van der Waals surface area contributed by atoms with Crippen molar-refractivity contribution in [2.45, 2.75) is 32.4 Å². The van der Waals surface area contributed by atoms with E-state index in [0.29, 0.717) is 27.7 Å². The molecule has 0 bridgehead atoms. The van der Waals surface area contributed by atoms with Gasteiger partial charge >= 0.3 is 0 Å². The molecule has 12 heteroatoms. The normalized spacial score (nSPS) is 12.5. The predicted molar refractivity (Wildman–Crippen MR) is 160 cm³/mol. The lowest BCUT2D eigenvalue weighted by Gasteiger charge is -2.21. The molecule has 3 aromatic carbocycles. The van der Waals surface area contributed by atoms with E-state index in [1.54, 1.807) is 37.3 Å². The first-order valence-electron chi connectivity index (χ1n) is 12.7. The Morgan fingerprint density at radius 3 is 2.50 bits per heavy atom. The minimum atomic E-state index is -0.973. The molecular formula is C30H26Cl2N4O6. The molecule has 0 saturated carbocycles. The molecule has 2 atom stereocenters. The monoisotopic (exact) mass is 608 g/mol. The van der Waals surface area contributed by atoms with Gasteiger partial charge in [-0.3, -0.25) is 19.7 Å². The van der Waals surface area contributed by atoms with Crippen molar-refractivity contribution in [2.24, 2.45) is 5.10 Å². The van der Waals surface area contributed by atoms with Crippen LogP contribution in [-0.2, 0) is 16.0 Å². The molecule has 0 aliphatic rings. The van der Waals surface area contributed by atoms with Gasteiger partial charge in [-0.15, -0.1) is 0 Å². The third-order valence-electron chi connectivity index (χ3n) is 6.16. The van der Waals surface area contributed by atoms with E-state index in [-0.39, 0.29) is 22.9 Å². The van der Waals surface area contributed by atoms with Gasteiger partial charge in [0.2, 0.25) is 0 Å². The summed E-state index contributed by atoms with van der Waals surface area (Å²) in [4.78, 5) is 36.6. The zero-order valence-corrected chi connectivity index (χ0v) is 24.1. The molecule has 0 aliphatic heterocycles. The lowest BCUT2D eigenvalue weighted by Crippen LogP contribution is -2.50. The van der Waals surface area contributed by atoms with E-state index in [0.717, 1.165) is 5.56 Å². The van der Waals surface area contributed by atoms with Crippen LogP contribution in [-0.4, -0.2) is 35.1 Å². The van der Waals surface area contributed by atoms with Crippen molar-refractivity contribution in [2.75, 3.05) is 0 Å². The number of ether oxygens (including phenoxy) is 1. The Morgan fingerprint density at radius 2 is 1.81 bits per heavy atom. The van der Waals surface area contributed by atoms with Crippen LogP contribution < -0.4 is 15.5 Å². The number of carbonyl (C=O) groups is 2. The van der Waals surface area contributed by atoms with Crippen LogP contribution in [0.15, 0.2) is 88.4 Å². The molecule has 0 unspecified atom stereocenters. The fraction of sp³-hybridized carbons (Fsp3) is 0.167. The molecule has 10 nitrogen and oxygen atoms in total. The number of halogens is 2. The maximum atomic E-state index is 13.1. The number of furan rings is 1. The van der Waals surface area contributed by atoms with Crippen LogP contribution in [0, 0.1) is 17.0 Å². The molecule has 0 fully saturated rings. The number of benzene rings is 3. The summed E-state index contributed by atoms with van der Waals surface area (Å²) < 4.78 is 11.5. The molecule has 1 heterocycles. The molecule has 2 N–H and O–H groups in total. The first-order valence-corrected chi connectivity index (χ1v) is 13.5. The number of non-ortho nitro benzene ring substituents is 1. The second kappa shape index (κ2) is 13.8. The van der Waals surface area contributed by atoms with Gasteiger partial charge in [-0.05, 0) is 61.4 Å². The van der Waals surface area contributed by atoms with Crippen LogP contribution in [0.2, 0.25) is 10.0 Å². The number of nitrogens with one attached hydrogen (secondary N) is 2. The lowest BCUT2D eigenvalue weighted by atomic mass is 10.1. The molecule has 216 valence electrons. The number of hydrazone groups is 1. The Hall–Kier alpha value is -4.67. The molecule has 1 aromatic heterocycles. The fourth-order valence-electron chi connectivity index (χ4n) is 4.01. The van der Waals surface area contributed by atoms with Crippen LogP contribution in [0.4, 0.5) is 5.69 Å². The van der Waals surface area contributed by atoms with Crippen LogP contribution in [0.5, 0.6) is 5.75 Å². The number of aryl methyl sites for hydroxylation is 1. The highest BCUT2D eigenvalue weighted by Gasteiger charge is 2.25. The predicted octanol–water partition coefficient (Wildman–Crippen LogP) is 6.12. The number of nitrogens with zero attached hydrogens (tertiary/aromatic N) is 2. The average Bonchev–Trinajstić information content (AvgIpc) is 3.43. The van der Waals surface area contributed by atoms with Crippen molar-refractivity contribution in [1.82, 2.24) is 10.7 Å². The average molecular weight is 609 g/mol. The summed E-state index contributed by atoms with van der Waals surface area (Å²) in [6.45, 7) is 3.28. The van der Waals surface area contributed by atoms with Gasteiger partial charge in [-0.2, -0.15) is 5.10 Å². The van der Waals surface area contributed by atoms with Gasteiger partial charge in [0.15, 0.2) is 6.10 Å². The Kier molecular flexibility index (Phi) is 9.95. The Bertz CT molecular complexity index is 1620.